The van der Waals surface area contributed by atoms with Gasteiger partial charge in [0.05, 0.1) is 0 Å². The lowest BCUT2D eigenvalue weighted by atomic mass is 10.2. The molecule has 0 aliphatic heterocycles. The first-order valence-corrected chi connectivity index (χ1v) is 4.09. The summed E-state index contributed by atoms with van der Waals surface area (Å²) < 4.78 is 0. The van der Waals surface area contributed by atoms with Crippen molar-refractivity contribution in [1.29, 1.82) is 0 Å². The Balaban J connectivity index is 3.89. The first-order chi connectivity index (χ1) is 5.81. The van der Waals surface area contributed by atoms with Crippen molar-refractivity contribution >= 4 is 0 Å². The van der Waals surface area contributed by atoms with Crippen LogP contribution in [0.2, 0.25) is 0 Å². The maximum atomic E-state index is 3.86. The molecule has 0 radical (unpaired) electrons. The lowest BCUT2D eigenvalue weighted by Gasteiger charge is -1.84. The third-order valence-corrected chi connectivity index (χ3v) is 1.23. The van der Waals surface area contributed by atoms with Crippen molar-refractivity contribution in [3.63, 3.8) is 0 Å². The Kier molecular flexibility index (Phi) is 6.96. The van der Waals surface area contributed by atoms with Gasteiger partial charge >= 0.3 is 0 Å². The van der Waals surface area contributed by atoms with Gasteiger partial charge in [0.2, 0.25) is 0 Å². The van der Waals surface area contributed by atoms with Crippen LogP contribution >= 0.6 is 0 Å². The van der Waals surface area contributed by atoms with Gasteiger partial charge < -0.3 is 0 Å². The molecule has 0 spiro atoms. The summed E-state index contributed by atoms with van der Waals surface area (Å²) in [5.41, 5.74) is 1.01. The summed E-state index contributed by atoms with van der Waals surface area (Å²) in [6, 6.07) is 0. The monoisotopic (exact) mass is 160 g/mol. The molecule has 0 atom stereocenters. The molecule has 0 aromatic carbocycles. The largest absolute Gasteiger partial charge is 0.0918 e. The van der Waals surface area contributed by atoms with Crippen molar-refractivity contribution in [3.8, 4) is 0 Å². The van der Waals surface area contributed by atoms with Gasteiger partial charge in [-0.15, -0.1) is 0 Å². The number of hydrogen-bond donors (Lipinski definition) is 0. The maximum Gasteiger partial charge on any atom is -0.0329 e. The Morgan fingerprint density at radius 1 is 0.833 bits per heavy atom. The predicted octanol–water partition coefficient (Wildman–Crippen LogP) is 3.81. The van der Waals surface area contributed by atoms with Crippen molar-refractivity contribution in [2.24, 2.45) is 0 Å². The Morgan fingerprint density at radius 3 is 1.58 bits per heavy atom. The highest BCUT2D eigenvalue weighted by molar-refractivity contribution is 5.30. The van der Waals surface area contributed by atoms with E-state index in [0.717, 1.165) is 5.57 Å². The molecule has 0 nitrogen and oxygen atoms in total. The van der Waals surface area contributed by atoms with Gasteiger partial charge in [-0.2, -0.15) is 0 Å². The summed E-state index contributed by atoms with van der Waals surface area (Å²) in [6.07, 6.45) is 15.8. The minimum Gasteiger partial charge on any atom is -0.0918 e. The zero-order valence-electron chi connectivity index (χ0n) is 7.83. The summed E-state index contributed by atoms with van der Waals surface area (Å²) in [5, 5.41) is 0. The Hall–Kier alpha value is -1.30. The van der Waals surface area contributed by atoms with Crippen molar-refractivity contribution < 1.29 is 0 Å². The van der Waals surface area contributed by atoms with Crippen LogP contribution in [0.3, 0.4) is 0 Å². The van der Waals surface area contributed by atoms with Crippen LogP contribution in [0.15, 0.2) is 60.8 Å². The molecular weight excluding hydrogens is 144 g/mol. The molecule has 12 heavy (non-hydrogen) atoms. The lowest BCUT2D eigenvalue weighted by Crippen LogP contribution is -1.63. The Labute approximate surface area is 75.3 Å². The molecule has 64 valence electrons. The lowest BCUT2D eigenvalue weighted by molar-refractivity contribution is 1.67. The fraction of sp³-hybridized carbons (Fsp3) is 0.167. The zero-order valence-corrected chi connectivity index (χ0v) is 7.83. The van der Waals surface area contributed by atoms with E-state index in [1.165, 1.54) is 0 Å². The highest BCUT2D eigenvalue weighted by atomic mass is 13.8. The normalized spacial score (nSPS) is 12.8. The molecule has 0 aliphatic carbocycles. The zero-order chi connectivity index (χ0) is 9.23. The third kappa shape index (κ3) is 6.81. The van der Waals surface area contributed by atoms with Crippen molar-refractivity contribution in [2.45, 2.75) is 13.8 Å². The molecular formula is C12H16. The summed E-state index contributed by atoms with van der Waals surface area (Å²) in [7, 11) is 0. The predicted molar refractivity (Wildman–Crippen MR) is 57.0 cm³/mol. The molecule has 0 fully saturated rings. The average Bonchev–Trinajstić information content (AvgIpc) is 2.06. The molecule has 0 heterocycles. The quantitative estimate of drug-likeness (QED) is 0.549. The first-order valence-electron chi connectivity index (χ1n) is 4.09. The van der Waals surface area contributed by atoms with Gasteiger partial charge in [-0.1, -0.05) is 55.2 Å². The second-order valence-corrected chi connectivity index (χ2v) is 2.34. The van der Waals surface area contributed by atoms with Crippen molar-refractivity contribution in [2.75, 3.05) is 0 Å². The van der Waals surface area contributed by atoms with E-state index in [1.807, 2.05) is 62.5 Å². The second kappa shape index (κ2) is 7.80. The Bertz CT molecular complexity index is 200. The van der Waals surface area contributed by atoms with Crippen molar-refractivity contribution in [3.05, 3.63) is 60.8 Å². The minimum atomic E-state index is 1.01. The van der Waals surface area contributed by atoms with Gasteiger partial charge in [-0.25, -0.2) is 0 Å². The molecule has 0 rings (SSSR count). The van der Waals surface area contributed by atoms with Crippen LogP contribution in [0, 0.1) is 0 Å². The first kappa shape index (κ1) is 10.7. The number of rotatable bonds is 4. The van der Waals surface area contributed by atoms with Gasteiger partial charge in [0, 0.05) is 0 Å². The third-order valence-electron chi connectivity index (χ3n) is 1.23. The topological polar surface area (TPSA) is 0 Å². The van der Waals surface area contributed by atoms with E-state index in [9.17, 15) is 0 Å². The van der Waals surface area contributed by atoms with E-state index >= 15 is 0 Å². The standard InChI is InChI=1S/C12H16/c1-4-6-8-10-12(3)11-9-7-5-2/h4-11H,3H2,1-2H3/b6-4-,7-5-,10-8-,11-9-. The Morgan fingerprint density at radius 2 is 1.25 bits per heavy atom. The molecule has 0 N–H and O–H groups in total. The SMILES string of the molecule is C=C(/C=C\C=C/C)/C=C\C=C/C. The summed E-state index contributed by atoms with van der Waals surface area (Å²) in [6.45, 7) is 7.83. The molecule has 0 heteroatoms. The van der Waals surface area contributed by atoms with Crippen LogP contribution in [0.4, 0.5) is 0 Å². The summed E-state index contributed by atoms with van der Waals surface area (Å²) >= 11 is 0. The second-order valence-electron chi connectivity index (χ2n) is 2.34. The van der Waals surface area contributed by atoms with Gasteiger partial charge in [-0.05, 0) is 19.4 Å². The number of allylic oxidation sites excluding steroid dienone is 9. The van der Waals surface area contributed by atoms with Gasteiger partial charge in [0.25, 0.3) is 0 Å². The molecule has 0 amide bonds. The highest BCUT2D eigenvalue weighted by Crippen LogP contribution is 1.95. The van der Waals surface area contributed by atoms with Gasteiger partial charge in [-0.3, -0.25) is 0 Å². The van der Waals surface area contributed by atoms with E-state index in [2.05, 4.69) is 6.58 Å². The maximum absolute atomic E-state index is 3.86. The van der Waals surface area contributed by atoms with Crippen LogP contribution in [-0.2, 0) is 0 Å². The molecule has 0 saturated heterocycles. The van der Waals surface area contributed by atoms with Crippen LogP contribution in [0.5, 0.6) is 0 Å². The van der Waals surface area contributed by atoms with Crippen LogP contribution in [0.1, 0.15) is 13.8 Å². The van der Waals surface area contributed by atoms with E-state index < -0.39 is 0 Å². The summed E-state index contributed by atoms with van der Waals surface area (Å²) in [5.74, 6) is 0. The van der Waals surface area contributed by atoms with Crippen LogP contribution in [0.25, 0.3) is 0 Å². The average molecular weight is 160 g/mol. The molecule has 0 aliphatic rings. The fourth-order valence-electron chi connectivity index (χ4n) is 0.636. The van der Waals surface area contributed by atoms with Crippen molar-refractivity contribution in [1.82, 2.24) is 0 Å². The molecule has 0 aromatic heterocycles. The molecule has 0 bridgehead atoms. The van der Waals surface area contributed by atoms with Crippen LogP contribution in [-0.4, -0.2) is 0 Å². The van der Waals surface area contributed by atoms with E-state index in [1.54, 1.807) is 0 Å². The molecule has 0 saturated carbocycles. The fourth-order valence-corrected chi connectivity index (χ4v) is 0.636. The minimum absolute atomic E-state index is 1.01. The van der Waals surface area contributed by atoms with E-state index in [4.69, 9.17) is 0 Å². The number of hydrogen-bond acceptors (Lipinski definition) is 0. The van der Waals surface area contributed by atoms with Gasteiger partial charge in [0.15, 0.2) is 0 Å². The van der Waals surface area contributed by atoms with E-state index in [-0.39, 0.29) is 0 Å². The highest BCUT2D eigenvalue weighted by Gasteiger charge is 1.74. The smallest absolute Gasteiger partial charge is 0.0329 e. The van der Waals surface area contributed by atoms with E-state index in [0.29, 0.717) is 0 Å². The van der Waals surface area contributed by atoms with Gasteiger partial charge in [0.1, 0.15) is 0 Å². The molecule has 0 unspecified atom stereocenters. The molecule has 0 aromatic rings. The van der Waals surface area contributed by atoms with Crippen LogP contribution < -0.4 is 0 Å². The summed E-state index contributed by atoms with van der Waals surface area (Å²) in [4.78, 5) is 0.